The van der Waals surface area contributed by atoms with Gasteiger partial charge in [0.15, 0.2) is 11.5 Å². The molecule has 0 radical (unpaired) electrons. The van der Waals surface area contributed by atoms with Crippen LogP contribution < -0.4 is 33.3 Å². The predicted molar refractivity (Wildman–Crippen MR) is 160 cm³/mol. The number of nitrogens with one attached hydrogen (secondary N) is 1. The lowest BCUT2D eigenvalue weighted by Crippen LogP contribution is -2.47. The summed E-state index contributed by atoms with van der Waals surface area (Å²) >= 11 is 0. The molecule has 3 aromatic carbocycles. The molecule has 1 heterocycles. The molecule has 0 fully saturated rings. The minimum absolute atomic E-state index is 0.0924. The fraction of sp³-hybridized carbons (Fsp3) is 0.387. The molecule has 4 rings (SSSR count). The molecule has 0 saturated heterocycles. The molecular formula is C31H38N2O8S. The van der Waals surface area contributed by atoms with Gasteiger partial charge in [0.2, 0.25) is 5.91 Å². The van der Waals surface area contributed by atoms with Crippen molar-refractivity contribution in [3.8, 4) is 28.7 Å². The summed E-state index contributed by atoms with van der Waals surface area (Å²) in [6.45, 7) is 3.59. The van der Waals surface area contributed by atoms with Crippen molar-refractivity contribution in [2.24, 2.45) is 0 Å². The maximum absolute atomic E-state index is 14.2. The largest absolute Gasteiger partial charge is 0.497 e. The Morgan fingerprint density at radius 2 is 1.57 bits per heavy atom. The Morgan fingerprint density at radius 3 is 2.21 bits per heavy atom. The molecule has 10 nitrogen and oxygen atoms in total. The highest BCUT2D eigenvalue weighted by Gasteiger charge is 2.39. The number of fused-ring (bicyclic) bond motifs is 1. The summed E-state index contributed by atoms with van der Waals surface area (Å²) in [5, 5.41) is 3.09. The first kappa shape index (κ1) is 30.8. The van der Waals surface area contributed by atoms with E-state index in [9.17, 15) is 13.2 Å². The van der Waals surface area contributed by atoms with Crippen LogP contribution in [-0.2, 0) is 14.8 Å². The van der Waals surface area contributed by atoms with Gasteiger partial charge in [0.25, 0.3) is 10.0 Å². The molecule has 1 atom stereocenters. The molecule has 3 aromatic rings. The van der Waals surface area contributed by atoms with Crippen LogP contribution >= 0.6 is 0 Å². The van der Waals surface area contributed by atoms with Crippen LogP contribution in [0.25, 0.3) is 0 Å². The molecule has 0 spiro atoms. The first-order chi connectivity index (χ1) is 20.1. The maximum atomic E-state index is 14.2. The number of carbonyl (C=O) groups is 1. The van der Waals surface area contributed by atoms with Crippen LogP contribution in [0.2, 0.25) is 0 Å². The van der Waals surface area contributed by atoms with Crippen LogP contribution in [0.3, 0.4) is 0 Å². The Labute approximate surface area is 247 Å². The number of methoxy groups -OCH3 is 4. The molecule has 0 aliphatic carbocycles. The number of benzene rings is 3. The average Bonchev–Trinajstić information content (AvgIpc) is 3.02. The summed E-state index contributed by atoms with van der Waals surface area (Å²) < 4.78 is 57.4. The van der Waals surface area contributed by atoms with E-state index < -0.39 is 28.1 Å². The van der Waals surface area contributed by atoms with Crippen molar-refractivity contribution in [1.82, 2.24) is 5.32 Å². The van der Waals surface area contributed by atoms with Crippen LogP contribution in [0.5, 0.6) is 28.7 Å². The lowest BCUT2D eigenvalue weighted by Gasteiger charge is -2.41. The summed E-state index contributed by atoms with van der Waals surface area (Å²) in [5.74, 6) is 1.46. The van der Waals surface area contributed by atoms with Gasteiger partial charge in [-0.15, -0.1) is 0 Å². The third-order valence-electron chi connectivity index (χ3n) is 7.71. The van der Waals surface area contributed by atoms with Crippen molar-refractivity contribution in [3.05, 3.63) is 66.2 Å². The zero-order valence-electron chi connectivity index (χ0n) is 24.8. The molecule has 0 unspecified atom stereocenters. The van der Waals surface area contributed by atoms with Gasteiger partial charge in [-0.1, -0.05) is 32.0 Å². The van der Waals surface area contributed by atoms with Crippen LogP contribution in [0.15, 0.2) is 65.6 Å². The van der Waals surface area contributed by atoms with Crippen molar-refractivity contribution in [3.63, 3.8) is 0 Å². The number of nitrogens with zero attached hydrogens (tertiary/aromatic N) is 1. The van der Waals surface area contributed by atoms with E-state index in [1.165, 1.54) is 52.7 Å². The highest BCUT2D eigenvalue weighted by atomic mass is 32.2. The SMILES string of the molecule is CCC1(CC)C[C@@H](NC(=O)CN(c2cc(OC)ccc2OC)S(=O)(=O)c2ccc(OC)c(OC)c2)c2ccccc2O1. The molecule has 11 heteroatoms. The molecule has 0 aromatic heterocycles. The molecule has 1 aliphatic rings. The third kappa shape index (κ3) is 6.06. The van der Waals surface area contributed by atoms with Crippen LogP contribution in [0, 0.1) is 0 Å². The molecule has 0 saturated carbocycles. The fourth-order valence-corrected chi connectivity index (χ4v) is 6.64. The first-order valence-electron chi connectivity index (χ1n) is 13.7. The first-order valence-corrected chi connectivity index (χ1v) is 15.1. The van der Waals surface area contributed by atoms with Gasteiger partial charge < -0.3 is 29.0 Å². The number of carbonyl (C=O) groups excluding carboxylic acids is 1. The van der Waals surface area contributed by atoms with Gasteiger partial charge in [0.1, 0.15) is 29.4 Å². The smallest absolute Gasteiger partial charge is 0.265 e. The summed E-state index contributed by atoms with van der Waals surface area (Å²) in [4.78, 5) is 13.7. The van der Waals surface area contributed by atoms with E-state index >= 15 is 0 Å². The number of amides is 1. The van der Waals surface area contributed by atoms with Crippen molar-refractivity contribution < 1.29 is 36.9 Å². The average molecular weight is 599 g/mol. The van der Waals surface area contributed by atoms with E-state index in [4.69, 9.17) is 23.7 Å². The number of anilines is 1. The molecule has 1 amide bonds. The van der Waals surface area contributed by atoms with Gasteiger partial charge in [-0.3, -0.25) is 9.10 Å². The van der Waals surface area contributed by atoms with Gasteiger partial charge in [-0.05, 0) is 43.2 Å². The highest BCUT2D eigenvalue weighted by Crippen LogP contribution is 2.43. The number of sulfonamides is 1. The molecule has 0 bridgehead atoms. The quantitative estimate of drug-likeness (QED) is 0.306. The summed E-state index contributed by atoms with van der Waals surface area (Å²) in [6.07, 6.45) is 2.06. The third-order valence-corrected chi connectivity index (χ3v) is 9.46. The van der Waals surface area contributed by atoms with E-state index in [-0.39, 0.29) is 28.1 Å². The van der Waals surface area contributed by atoms with Gasteiger partial charge >= 0.3 is 0 Å². The minimum Gasteiger partial charge on any atom is -0.497 e. The Kier molecular flexibility index (Phi) is 9.40. The standard InChI is InChI=1S/C31H38N2O8S/c1-7-31(8-2)19-24(23-11-9-10-12-26(23)41-31)32-30(34)20-33(25-17-21(37-3)13-15-27(25)38-4)42(35,36)22-14-16-28(39-5)29(18-22)40-6/h9-18,24H,7-8,19-20H2,1-6H3,(H,32,34)/t24-/m1/s1. The van der Waals surface area contributed by atoms with E-state index in [1.807, 2.05) is 24.3 Å². The van der Waals surface area contributed by atoms with Gasteiger partial charge in [0, 0.05) is 24.1 Å². The van der Waals surface area contributed by atoms with E-state index in [0.29, 0.717) is 23.7 Å². The van der Waals surface area contributed by atoms with Gasteiger partial charge in [-0.25, -0.2) is 8.42 Å². The number of rotatable bonds is 12. The van der Waals surface area contributed by atoms with Crippen LogP contribution in [0.1, 0.15) is 44.7 Å². The van der Waals surface area contributed by atoms with Crippen molar-refractivity contribution in [1.29, 1.82) is 0 Å². The lowest BCUT2D eigenvalue weighted by molar-refractivity contribution is -0.121. The maximum Gasteiger partial charge on any atom is 0.265 e. The number of hydrogen-bond donors (Lipinski definition) is 1. The number of para-hydroxylation sites is 1. The Balaban J connectivity index is 1.76. The monoisotopic (exact) mass is 598 g/mol. The molecule has 42 heavy (non-hydrogen) atoms. The summed E-state index contributed by atoms with van der Waals surface area (Å²) in [7, 11) is 1.47. The molecular weight excluding hydrogens is 560 g/mol. The minimum atomic E-state index is -4.32. The second kappa shape index (κ2) is 12.8. The van der Waals surface area contributed by atoms with E-state index in [2.05, 4.69) is 19.2 Å². The summed E-state index contributed by atoms with van der Waals surface area (Å²) in [6, 6.07) is 16.2. The normalized spacial score (nSPS) is 15.5. The Hall–Kier alpha value is -4.12. The van der Waals surface area contributed by atoms with Crippen molar-refractivity contribution >= 4 is 21.6 Å². The van der Waals surface area contributed by atoms with Crippen LogP contribution in [0.4, 0.5) is 5.69 Å². The predicted octanol–water partition coefficient (Wildman–Crippen LogP) is 5.12. The van der Waals surface area contributed by atoms with Crippen LogP contribution in [-0.4, -0.2) is 54.9 Å². The van der Waals surface area contributed by atoms with Gasteiger partial charge in [0.05, 0.1) is 45.1 Å². The lowest BCUT2D eigenvalue weighted by atomic mass is 9.83. The summed E-state index contributed by atoms with van der Waals surface area (Å²) in [5.41, 5.74) is 0.538. The zero-order valence-corrected chi connectivity index (χ0v) is 25.6. The fourth-order valence-electron chi connectivity index (χ4n) is 5.20. The molecule has 1 aliphatic heterocycles. The topological polar surface area (TPSA) is 113 Å². The highest BCUT2D eigenvalue weighted by molar-refractivity contribution is 7.92. The second-order valence-electron chi connectivity index (χ2n) is 9.92. The molecule has 226 valence electrons. The Morgan fingerprint density at radius 1 is 0.905 bits per heavy atom. The second-order valence-corrected chi connectivity index (χ2v) is 11.8. The van der Waals surface area contributed by atoms with Crippen molar-refractivity contribution in [2.45, 2.75) is 49.6 Å². The zero-order chi connectivity index (χ0) is 30.5. The number of hydrogen-bond acceptors (Lipinski definition) is 8. The van der Waals surface area contributed by atoms with E-state index in [0.717, 1.165) is 22.7 Å². The molecule has 1 N–H and O–H groups in total. The van der Waals surface area contributed by atoms with Gasteiger partial charge in [-0.2, -0.15) is 0 Å². The van der Waals surface area contributed by atoms with E-state index in [1.54, 1.807) is 12.1 Å². The van der Waals surface area contributed by atoms with Crippen molar-refractivity contribution in [2.75, 3.05) is 39.3 Å². The number of ether oxygens (including phenoxy) is 5. The Bertz CT molecular complexity index is 1520.